The van der Waals surface area contributed by atoms with Crippen molar-refractivity contribution in [2.45, 2.75) is 25.5 Å². The molecule has 1 atom stereocenters. The molecule has 1 amide bonds. The van der Waals surface area contributed by atoms with Crippen LogP contribution in [0.3, 0.4) is 0 Å². The minimum Gasteiger partial charge on any atom is -0.463 e. The summed E-state index contributed by atoms with van der Waals surface area (Å²) in [7, 11) is 0. The summed E-state index contributed by atoms with van der Waals surface area (Å²) in [5.41, 5.74) is 1.80. The maximum Gasteiger partial charge on any atom is 0.305 e. The normalized spacial score (nSPS) is 16.8. The molecule has 160 valence electrons. The molecule has 0 aliphatic carbocycles. The molecule has 1 saturated heterocycles. The number of carbonyl (C=O) groups is 2. The highest BCUT2D eigenvalue weighted by atomic mass is 35.5. The smallest absolute Gasteiger partial charge is 0.305 e. The molecule has 0 bridgehead atoms. The average molecular weight is 431 g/mol. The van der Waals surface area contributed by atoms with Gasteiger partial charge in [0.2, 0.25) is 0 Å². The molecule has 0 radical (unpaired) electrons. The zero-order valence-corrected chi connectivity index (χ0v) is 17.6. The summed E-state index contributed by atoms with van der Waals surface area (Å²) in [5.74, 6) is -0.464. The Morgan fingerprint density at radius 2 is 1.90 bits per heavy atom. The Kier molecular flexibility index (Phi) is 8.68. The molecule has 1 fully saturated rings. The third-order valence-electron chi connectivity index (χ3n) is 4.85. The zero-order chi connectivity index (χ0) is 21.2. The van der Waals surface area contributed by atoms with Crippen LogP contribution in [-0.2, 0) is 20.8 Å². The standard InChI is InChI=1S/C23H27ClN2O4/c24-20-10-8-19(9-11-20)23(28)25-12-4-7-22(27)30-17-21-16-26(13-14-29-21)15-18-5-2-1-3-6-18/h1-3,5-6,8-11,21H,4,7,12-17H2,(H,25,28). The first kappa shape index (κ1) is 22.3. The van der Waals surface area contributed by atoms with Gasteiger partial charge < -0.3 is 14.8 Å². The Morgan fingerprint density at radius 1 is 1.13 bits per heavy atom. The highest BCUT2D eigenvalue weighted by Crippen LogP contribution is 2.11. The van der Waals surface area contributed by atoms with E-state index in [2.05, 4.69) is 22.3 Å². The highest BCUT2D eigenvalue weighted by molar-refractivity contribution is 6.30. The average Bonchev–Trinajstić information content (AvgIpc) is 2.76. The first-order valence-electron chi connectivity index (χ1n) is 10.2. The molecule has 1 unspecified atom stereocenters. The second kappa shape index (κ2) is 11.7. The van der Waals surface area contributed by atoms with Gasteiger partial charge in [-0.15, -0.1) is 0 Å². The van der Waals surface area contributed by atoms with E-state index in [4.69, 9.17) is 21.1 Å². The molecule has 1 N–H and O–H groups in total. The quantitative estimate of drug-likeness (QED) is 0.488. The number of hydrogen-bond donors (Lipinski definition) is 1. The third-order valence-corrected chi connectivity index (χ3v) is 5.10. The van der Waals surface area contributed by atoms with Gasteiger partial charge in [0, 0.05) is 43.2 Å². The zero-order valence-electron chi connectivity index (χ0n) is 16.9. The van der Waals surface area contributed by atoms with E-state index in [1.165, 1.54) is 5.56 Å². The van der Waals surface area contributed by atoms with Crippen LogP contribution in [-0.4, -0.2) is 55.7 Å². The van der Waals surface area contributed by atoms with Gasteiger partial charge in [0.1, 0.15) is 12.7 Å². The van der Waals surface area contributed by atoms with Crippen molar-refractivity contribution in [3.8, 4) is 0 Å². The fourth-order valence-electron chi connectivity index (χ4n) is 3.26. The molecule has 2 aromatic rings. The molecule has 6 nitrogen and oxygen atoms in total. The fourth-order valence-corrected chi connectivity index (χ4v) is 3.39. The van der Waals surface area contributed by atoms with E-state index < -0.39 is 0 Å². The van der Waals surface area contributed by atoms with Crippen LogP contribution in [0.25, 0.3) is 0 Å². The number of halogens is 1. The van der Waals surface area contributed by atoms with Crippen molar-refractivity contribution in [2.75, 3.05) is 32.8 Å². The van der Waals surface area contributed by atoms with Crippen molar-refractivity contribution in [1.29, 1.82) is 0 Å². The maximum absolute atomic E-state index is 12.0. The predicted octanol–water partition coefficient (Wildman–Crippen LogP) is 3.29. The monoisotopic (exact) mass is 430 g/mol. The van der Waals surface area contributed by atoms with Crippen LogP contribution >= 0.6 is 11.6 Å². The lowest BCUT2D eigenvalue weighted by molar-refractivity contribution is -0.150. The van der Waals surface area contributed by atoms with Gasteiger partial charge in [0.15, 0.2) is 0 Å². The van der Waals surface area contributed by atoms with E-state index in [1.54, 1.807) is 24.3 Å². The molecule has 0 aromatic heterocycles. The van der Waals surface area contributed by atoms with Gasteiger partial charge in [0.05, 0.1) is 6.61 Å². The lowest BCUT2D eigenvalue weighted by atomic mass is 10.2. The van der Waals surface area contributed by atoms with Crippen LogP contribution in [0.5, 0.6) is 0 Å². The van der Waals surface area contributed by atoms with Crippen molar-refractivity contribution in [3.63, 3.8) is 0 Å². The lowest BCUT2D eigenvalue weighted by Crippen LogP contribution is -2.44. The molecule has 0 saturated carbocycles. The van der Waals surface area contributed by atoms with Gasteiger partial charge in [-0.25, -0.2) is 0 Å². The van der Waals surface area contributed by atoms with E-state index in [0.29, 0.717) is 30.2 Å². The number of nitrogens with zero attached hydrogens (tertiary/aromatic N) is 1. The number of morpholine rings is 1. The van der Waals surface area contributed by atoms with Crippen LogP contribution in [0.15, 0.2) is 54.6 Å². The number of hydrogen-bond acceptors (Lipinski definition) is 5. The summed E-state index contributed by atoms with van der Waals surface area (Å²) in [6, 6.07) is 17.0. The first-order chi connectivity index (χ1) is 14.6. The predicted molar refractivity (Wildman–Crippen MR) is 115 cm³/mol. The fraction of sp³-hybridized carbons (Fsp3) is 0.391. The second-order valence-electron chi connectivity index (χ2n) is 7.26. The number of esters is 1. The van der Waals surface area contributed by atoms with Crippen LogP contribution in [0.4, 0.5) is 0 Å². The Labute approximate surface area is 182 Å². The van der Waals surface area contributed by atoms with E-state index in [1.807, 2.05) is 18.2 Å². The van der Waals surface area contributed by atoms with Gasteiger partial charge in [-0.2, -0.15) is 0 Å². The van der Waals surface area contributed by atoms with Gasteiger partial charge in [-0.3, -0.25) is 14.5 Å². The molecule has 0 spiro atoms. The Balaban J connectivity index is 1.29. The van der Waals surface area contributed by atoms with E-state index >= 15 is 0 Å². The van der Waals surface area contributed by atoms with Crippen LogP contribution in [0.1, 0.15) is 28.8 Å². The van der Waals surface area contributed by atoms with Gasteiger partial charge in [-0.05, 0) is 36.2 Å². The minimum atomic E-state index is -0.278. The number of rotatable bonds is 9. The largest absolute Gasteiger partial charge is 0.463 e. The molecular weight excluding hydrogens is 404 g/mol. The van der Waals surface area contributed by atoms with Gasteiger partial charge in [-0.1, -0.05) is 41.9 Å². The van der Waals surface area contributed by atoms with E-state index in [9.17, 15) is 9.59 Å². The highest BCUT2D eigenvalue weighted by Gasteiger charge is 2.22. The maximum atomic E-state index is 12.0. The van der Waals surface area contributed by atoms with E-state index in [0.717, 1.165) is 19.6 Å². The summed E-state index contributed by atoms with van der Waals surface area (Å²) in [6.45, 7) is 3.75. The van der Waals surface area contributed by atoms with Crippen LogP contribution in [0, 0.1) is 0 Å². The van der Waals surface area contributed by atoms with Crippen molar-refractivity contribution in [1.82, 2.24) is 10.2 Å². The molecule has 1 heterocycles. The third kappa shape index (κ3) is 7.44. The Morgan fingerprint density at radius 3 is 2.67 bits per heavy atom. The summed E-state index contributed by atoms with van der Waals surface area (Å²) < 4.78 is 11.1. The van der Waals surface area contributed by atoms with Crippen LogP contribution < -0.4 is 5.32 Å². The number of carbonyl (C=O) groups excluding carboxylic acids is 2. The van der Waals surface area contributed by atoms with Crippen molar-refractivity contribution in [2.24, 2.45) is 0 Å². The second-order valence-corrected chi connectivity index (χ2v) is 7.70. The number of ether oxygens (including phenoxy) is 2. The summed E-state index contributed by atoms with van der Waals surface area (Å²) in [5, 5.41) is 3.37. The molecule has 7 heteroatoms. The molecule has 30 heavy (non-hydrogen) atoms. The van der Waals surface area contributed by atoms with Crippen molar-refractivity contribution < 1.29 is 19.1 Å². The number of benzene rings is 2. The molecule has 2 aromatic carbocycles. The van der Waals surface area contributed by atoms with Gasteiger partial charge >= 0.3 is 5.97 Å². The van der Waals surface area contributed by atoms with Crippen molar-refractivity contribution in [3.05, 3.63) is 70.7 Å². The Hall–Kier alpha value is -2.41. The van der Waals surface area contributed by atoms with E-state index in [-0.39, 0.29) is 31.0 Å². The lowest BCUT2D eigenvalue weighted by Gasteiger charge is -2.32. The summed E-state index contributed by atoms with van der Waals surface area (Å²) >= 11 is 5.81. The molecule has 1 aliphatic rings. The molecule has 1 aliphatic heterocycles. The van der Waals surface area contributed by atoms with Gasteiger partial charge in [0.25, 0.3) is 5.91 Å². The number of nitrogens with one attached hydrogen (secondary N) is 1. The Bertz CT molecular complexity index is 814. The SMILES string of the molecule is O=C(CCCNC(=O)c1ccc(Cl)cc1)OCC1CN(Cc2ccccc2)CCO1. The minimum absolute atomic E-state index is 0.115. The topological polar surface area (TPSA) is 67.9 Å². The first-order valence-corrected chi connectivity index (χ1v) is 10.6. The molecule has 3 rings (SSSR count). The van der Waals surface area contributed by atoms with Crippen LogP contribution in [0.2, 0.25) is 5.02 Å². The summed E-state index contributed by atoms with van der Waals surface area (Å²) in [4.78, 5) is 26.3. The number of amides is 1. The van der Waals surface area contributed by atoms with Crippen molar-refractivity contribution >= 4 is 23.5 Å². The molecular formula is C23H27ClN2O4. The summed E-state index contributed by atoms with van der Waals surface area (Å²) in [6.07, 6.45) is 0.654.